The average molecular weight is 323 g/mol. The quantitative estimate of drug-likeness (QED) is 0.719. The van der Waals surface area contributed by atoms with Gasteiger partial charge in [0.25, 0.3) is 0 Å². The number of rotatable bonds is 7. The molecule has 0 atom stereocenters. The van der Waals surface area contributed by atoms with Gasteiger partial charge in [-0.05, 0) is 6.42 Å². The van der Waals surface area contributed by atoms with Gasteiger partial charge in [-0.15, -0.1) is 0 Å². The summed E-state index contributed by atoms with van der Waals surface area (Å²) in [5, 5.41) is 0. The van der Waals surface area contributed by atoms with Gasteiger partial charge in [0.15, 0.2) is 5.75 Å². The summed E-state index contributed by atoms with van der Waals surface area (Å²) in [5.41, 5.74) is 0.290. The van der Waals surface area contributed by atoms with Crippen molar-refractivity contribution in [2.75, 3.05) is 6.61 Å². The molecule has 0 aromatic carbocycles. The van der Waals surface area contributed by atoms with Crippen LogP contribution in [0, 0.1) is 11.8 Å². The van der Waals surface area contributed by atoms with E-state index < -0.39 is 5.97 Å². The van der Waals surface area contributed by atoms with Crippen molar-refractivity contribution >= 4 is 11.9 Å². The van der Waals surface area contributed by atoms with Gasteiger partial charge in [-0.1, -0.05) is 34.6 Å². The number of pyridine rings is 1. The minimum Gasteiger partial charge on any atom is -0.464 e. The number of hydrogen-bond acceptors (Lipinski definition) is 5. The second kappa shape index (κ2) is 8.50. The summed E-state index contributed by atoms with van der Waals surface area (Å²) in [5.74, 6) is -1.16. The Morgan fingerprint density at radius 3 is 2.26 bits per heavy atom. The van der Waals surface area contributed by atoms with E-state index in [4.69, 9.17) is 9.47 Å². The SMILES string of the molecule is CCc1c(OC(=O)C(C)C)c(=O)ccn1CCOC(=O)C(C)C. The Kier molecular flexibility index (Phi) is 7.00. The predicted octanol–water partition coefficient (Wildman–Crippen LogP) is 2.17. The Morgan fingerprint density at radius 1 is 1.13 bits per heavy atom. The van der Waals surface area contributed by atoms with Crippen LogP contribution in [0.25, 0.3) is 0 Å². The van der Waals surface area contributed by atoms with Crippen LogP contribution in [0.4, 0.5) is 0 Å². The largest absolute Gasteiger partial charge is 0.464 e. The first-order chi connectivity index (χ1) is 10.8. The van der Waals surface area contributed by atoms with Crippen molar-refractivity contribution in [3.63, 3.8) is 0 Å². The highest BCUT2D eigenvalue weighted by atomic mass is 16.5. The minimum atomic E-state index is -0.444. The zero-order chi connectivity index (χ0) is 17.6. The molecule has 0 aliphatic carbocycles. The summed E-state index contributed by atoms with van der Waals surface area (Å²) < 4.78 is 12.2. The Balaban J connectivity index is 2.95. The fraction of sp³-hybridized carbons (Fsp3) is 0.588. The fourth-order valence-electron chi connectivity index (χ4n) is 1.91. The lowest BCUT2D eigenvalue weighted by Gasteiger charge is -2.17. The van der Waals surface area contributed by atoms with Gasteiger partial charge in [0.2, 0.25) is 5.43 Å². The summed E-state index contributed by atoms with van der Waals surface area (Å²) in [6.45, 7) is 9.42. The van der Waals surface area contributed by atoms with Crippen molar-refractivity contribution in [1.29, 1.82) is 0 Å². The summed E-state index contributed by atoms with van der Waals surface area (Å²) in [4.78, 5) is 35.3. The molecule has 0 aliphatic rings. The number of aromatic nitrogens is 1. The van der Waals surface area contributed by atoms with E-state index in [1.54, 1.807) is 38.5 Å². The van der Waals surface area contributed by atoms with E-state index in [9.17, 15) is 14.4 Å². The molecule has 0 radical (unpaired) electrons. The zero-order valence-corrected chi connectivity index (χ0v) is 14.4. The Bertz CT molecular complexity index is 616. The molecular weight excluding hydrogens is 298 g/mol. The van der Waals surface area contributed by atoms with Gasteiger partial charge >= 0.3 is 11.9 Å². The molecule has 0 N–H and O–H groups in total. The predicted molar refractivity (Wildman–Crippen MR) is 86.4 cm³/mol. The molecule has 0 saturated carbocycles. The number of carbonyl (C=O) groups is 2. The molecular formula is C17H25NO5. The standard InChI is InChI=1S/C17H25NO5/c1-6-13-15(23-17(21)12(4)5)14(19)7-8-18(13)9-10-22-16(20)11(2)3/h7-8,11-12H,6,9-10H2,1-5H3. The van der Waals surface area contributed by atoms with E-state index in [2.05, 4.69) is 0 Å². The highest BCUT2D eigenvalue weighted by Crippen LogP contribution is 2.16. The third-order valence-corrected chi connectivity index (χ3v) is 3.30. The number of hydrogen-bond donors (Lipinski definition) is 0. The molecule has 1 rings (SSSR count). The molecule has 6 nitrogen and oxygen atoms in total. The number of nitrogens with zero attached hydrogens (tertiary/aromatic N) is 1. The van der Waals surface area contributed by atoms with Crippen molar-refractivity contribution in [1.82, 2.24) is 4.57 Å². The average Bonchev–Trinajstić information content (AvgIpc) is 2.49. The third kappa shape index (κ3) is 5.23. The van der Waals surface area contributed by atoms with Gasteiger partial charge in [0, 0.05) is 12.3 Å². The molecule has 0 aliphatic heterocycles. The first-order valence-electron chi connectivity index (χ1n) is 7.88. The maximum absolute atomic E-state index is 12.0. The van der Waals surface area contributed by atoms with Crippen LogP contribution in [0.1, 0.15) is 40.3 Å². The van der Waals surface area contributed by atoms with Crippen LogP contribution < -0.4 is 10.2 Å². The van der Waals surface area contributed by atoms with Crippen molar-refractivity contribution in [2.24, 2.45) is 11.8 Å². The number of esters is 2. The molecule has 6 heteroatoms. The molecule has 1 aromatic heterocycles. The van der Waals surface area contributed by atoms with Gasteiger partial charge in [0.05, 0.1) is 24.1 Å². The molecule has 1 heterocycles. The van der Waals surface area contributed by atoms with E-state index in [-0.39, 0.29) is 35.6 Å². The lowest BCUT2D eigenvalue weighted by Crippen LogP contribution is -2.24. The Labute approximate surface area is 136 Å². The van der Waals surface area contributed by atoms with Gasteiger partial charge in [-0.25, -0.2) is 0 Å². The van der Waals surface area contributed by atoms with Crippen LogP contribution in [-0.4, -0.2) is 23.1 Å². The normalized spacial score (nSPS) is 10.9. The highest BCUT2D eigenvalue weighted by molar-refractivity contribution is 5.74. The topological polar surface area (TPSA) is 74.6 Å². The van der Waals surface area contributed by atoms with Crippen molar-refractivity contribution in [2.45, 2.75) is 47.6 Å². The fourth-order valence-corrected chi connectivity index (χ4v) is 1.91. The van der Waals surface area contributed by atoms with E-state index in [1.165, 1.54) is 6.07 Å². The summed E-state index contributed by atoms with van der Waals surface area (Å²) in [7, 11) is 0. The van der Waals surface area contributed by atoms with E-state index in [1.807, 2.05) is 6.92 Å². The zero-order valence-electron chi connectivity index (χ0n) is 14.4. The van der Waals surface area contributed by atoms with Crippen LogP contribution in [0.2, 0.25) is 0 Å². The smallest absolute Gasteiger partial charge is 0.313 e. The van der Waals surface area contributed by atoms with Crippen LogP contribution >= 0.6 is 0 Å². The van der Waals surface area contributed by atoms with Crippen LogP contribution in [0.15, 0.2) is 17.1 Å². The summed E-state index contributed by atoms with van der Waals surface area (Å²) in [6.07, 6.45) is 2.14. The molecule has 128 valence electrons. The molecule has 0 unspecified atom stereocenters. The van der Waals surface area contributed by atoms with Crippen LogP contribution in [0.5, 0.6) is 5.75 Å². The van der Waals surface area contributed by atoms with Crippen molar-refractivity contribution in [3.05, 3.63) is 28.2 Å². The van der Waals surface area contributed by atoms with Gasteiger partial charge in [-0.2, -0.15) is 0 Å². The van der Waals surface area contributed by atoms with Gasteiger partial charge < -0.3 is 14.0 Å². The van der Waals surface area contributed by atoms with Gasteiger partial charge in [-0.3, -0.25) is 14.4 Å². The second-order valence-electron chi connectivity index (χ2n) is 5.90. The molecule has 0 bridgehead atoms. The number of ether oxygens (including phenoxy) is 2. The first-order valence-corrected chi connectivity index (χ1v) is 7.88. The lowest BCUT2D eigenvalue weighted by atomic mass is 10.2. The second-order valence-corrected chi connectivity index (χ2v) is 5.90. The molecule has 0 saturated heterocycles. The third-order valence-electron chi connectivity index (χ3n) is 3.30. The molecule has 0 spiro atoms. The first kappa shape index (κ1) is 18.9. The van der Waals surface area contributed by atoms with E-state index >= 15 is 0 Å². The molecule has 0 amide bonds. The van der Waals surface area contributed by atoms with Crippen LogP contribution in [0.3, 0.4) is 0 Å². The molecule has 23 heavy (non-hydrogen) atoms. The Morgan fingerprint density at radius 2 is 1.74 bits per heavy atom. The maximum atomic E-state index is 12.0. The van der Waals surface area contributed by atoms with Gasteiger partial charge in [0.1, 0.15) is 6.61 Å². The summed E-state index contributed by atoms with van der Waals surface area (Å²) in [6, 6.07) is 1.35. The van der Waals surface area contributed by atoms with Crippen molar-refractivity contribution in [3.8, 4) is 5.75 Å². The monoisotopic (exact) mass is 323 g/mol. The Hall–Kier alpha value is -2.11. The molecule has 1 aromatic rings. The van der Waals surface area contributed by atoms with Crippen LogP contribution in [-0.2, 0) is 27.3 Å². The highest BCUT2D eigenvalue weighted by Gasteiger charge is 2.17. The minimum absolute atomic E-state index is 0.0592. The van der Waals surface area contributed by atoms with Crippen molar-refractivity contribution < 1.29 is 19.1 Å². The number of carbonyl (C=O) groups excluding carboxylic acids is 2. The van der Waals surface area contributed by atoms with E-state index in [0.717, 1.165) is 0 Å². The summed E-state index contributed by atoms with van der Waals surface area (Å²) >= 11 is 0. The molecule has 0 fully saturated rings. The van der Waals surface area contributed by atoms with E-state index in [0.29, 0.717) is 18.7 Å². The maximum Gasteiger partial charge on any atom is 0.313 e. The lowest BCUT2D eigenvalue weighted by molar-refractivity contribution is -0.147.